The predicted octanol–water partition coefficient (Wildman–Crippen LogP) is 3.15. The lowest BCUT2D eigenvalue weighted by molar-refractivity contribution is 0.0104. The van der Waals surface area contributed by atoms with Crippen LogP contribution in [0.4, 0.5) is 4.79 Å². The molecule has 1 aromatic rings. The Labute approximate surface area is 179 Å². The second-order valence-corrected chi connectivity index (χ2v) is 7.45. The summed E-state index contributed by atoms with van der Waals surface area (Å²) in [5.41, 5.74) is 0.468. The Bertz CT molecular complexity index is 604. The highest BCUT2D eigenvalue weighted by atomic mass is 127. The molecule has 1 aliphatic heterocycles. The van der Waals surface area contributed by atoms with Gasteiger partial charge in [-0.05, 0) is 52.2 Å². The summed E-state index contributed by atoms with van der Waals surface area (Å²) in [4.78, 5) is 22.9. The summed E-state index contributed by atoms with van der Waals surface area (Å²) in [5.74, 6) is 0.699. The highest BCUT2D eigenvalue weighted by Crippen LogP contribution is 2.20. The first-order valence-corrected chi connectivity index (χ1v) is 9.23. The van der Waals surface area contributed by atoms with Crippen LogP contribution in [0.2, 0.25) is 0 Å². The van der Waals surface area contributed by atoms with Crippen LogP contribution in [0, 0.1) is 0 Å². The molecule has 0 saturated carbocycles. The zero-order chi connectivity index (χ0) is 19.0. The number of nitrogens with zero attached hydrogens (tertiary/aromatic N) is 3. The molecule has 7 nitrogen and oxygen atoms in total. The first kappa shape index (κ1) is 23.5. The standard InChI is InChI=1S/C19H31N5O2.HI/c1-19(2,3)26-18(25)24-12-8-6-10-16(24)14-23-17(20-4)22-13-15-9-5-7-11-21-15;/h5,7,9,11,16H,6,8,10,12-14H2,1-4H3,(H2,20,22,23);1H. The Kier molecular flexibility index (Phi) is 9.82. The maximum atomic E-state index is 12.5. The number of amides is 1. The third-order valence-electron chi connectivity index (χ3n) is 4.15. The minimum absolute atomic E-state index is 0. The number of ether oxygens (including phenoxy) is 1. The number of aromatic nitrogens is 1. The molecule has 152 valence electrons. The van der Waals surface area contributed by atoms with Gasteiger partial charge in [0.2, 0.25) is 0 Å². The molecule has 0 spiro atoms. The molecule has 0 aliphatic carbocycles. The van der Waals surface area contributed by atoms with E-state index < -0.39 is 5.60 Å². The van der Waals surface area contributed by atoms with E-state index in [4.69, 9.17) is 4.74 Å². The first-order chi connectivity index (χ1) is 12.4. The van der Waals surface area contributed by atoms with Crippen molar-refractivity contribution in [2.75, 3.05) is 20.1 Å². The first-order valence-electron chi connectivity index (χ1n) is 9.23. The third-order valence-corrected chi connectivity index (χ3v) is 4.15. The molecular weight excluding hydrogens is 457 g/mol. The fourth-order valence-corrected chi connectivity index (χ4v) is 2.89. The van der Waals surface area contributed by atoms with E-state index in [1.807, 2.05) is 43.9 Å². The Balaban J connectivity index is 0.00000364. The molecule has 2 N–H and O–H groups in total. The smallest absolute Gasteiger partial charge is 0.410 e. The summed E-state index contributed by atoms with van der Waals surface area (Å²) >= 11 is 0. The molecule has 0 radical (unpaired) electrons. The van der Waals surface area contributed by atoms with E-state index in [1.54, 1.807) is 13.2 Å². The van der Waals surface area contributed by atoms with E-state index in [9.17, 15) is 4.79 Å². The van der Waals surface area contributed by atoms with E-state index in [0.29, 0.717) is 19.0 Å². The van der Waals surface area contributed by atoms with Gasteiger partial charge in [0.25, 0.3) is 0 Å². The van der Waals surface area contributed by atoms with Crippen molar-refractivity contribution >= 4 is 36.0 Å². The van der Waals surface area contributed by atoms with Crippen LogP contribution in [0.3, 0.4) is 0 Å². The van der Waals surface area contributed by atoms with E-state index in [-0.39, 0.29) is 36.1 Å². The highest BCUT2D eigenvalue weighted by molar-refractivity contribution is 14.0. The molecular formula is C19H32IN5O2. The summed E-state index contributed by atoms with van der Waals surface area (Å²) in [7, 11) is 1.74. The molecule has 8 heteroatoms. The average Bonchev–Trinajstić information content (AvgIpc) is 2.61. The quantitative estimate of drug-likeness (QED) is 0.386. The summed E-state index contributed by atoms with van der Waals surface area (Å²) in [6, 6.07) is 5.92. The van der Waals surface area contributed by atoms with Gasteiger partial charge in [-0.2, -0.15) is 0 Å². The lowest BCUT2D eigenvalue weighted by atomic mass is 10.0. The van der Waals surface area contributed by atoms with Crippen molar-refractivity contribution in [3.05, 3.63) is 30.1 Å². The normalized spacial score (nSPS) is 17.7. The fraction of sp³-hybridized carbons (Fsp3) is 0.632. The average molecular weight is 489 g/mol. The van der Waals surface area contributed by atoms with E-state index in [0.717, 1.165) is 31.5 Å². The van der Waals surface area contributed by atoms with Gasteiger partial charge < -0.3 is 20.3 Å². The molecule has 1 aromatic heterocycles. The van der Waals surface area contributed by atoms with Crippen LogP contribution < -0.4 is 10.6 Å². The lowest BCUT2D eigenvalue weighted by Gasteiger charge is -2.37. The number of halogens is 1. The van der Waals surface area contributed by atoms with E-state index >= 15 is 0 Å². The van der Waals surface area contributed by atoms with E-state index in [1.165, 1.54) is 0 Å². The Morgan fingerprint density at radius 2 is 2.11 bits per heavy atom. The number of hydrogen-bond acceptors (Lipinski definition) is 4. The number of carbonyl (C=O) groups is 1. The number of hydrogen-bond donors (Lipinski definition) is 2. The molecule has 1 saturated heterocycles. The topological polar surface area (TPSA) is 78.9 Å². The van der Waals surface area contributed by atoms with Gasteiger partial charge in [0.1, 0.15) is 5.60 Å². The van der Waals surface area contributed by atoms with Crippen molar-refractivity contribution in [1.82, 2.24) is 20.5 Å². The number of likely N-dealkylation sites (tertiary alicyclic amines) is 1. The van der Waals surface area contributed by atoms with E-state index in [2.05, 4.69) is 20.6 Å². The van der Waals surface area contributed by atoms with Crippen LogP contribution in [0.15, 0.2) is 29.4 Å². The Hall–Kier alpha value is -1.58. The van der Waals surface area contributed by atoms with Crippen molar-refractivity contribution in [2.24, 2.45) is 4.99 Å². The van der Waals surface area contributed by atoms with Crippen LogP contribution in [0.5, 0.6) is 0 Å². The maximum absolute atomic E-state index is 12.5. The van der Waals surface area contributed by atoms with Gasteiger partial charge in [-0.15, -0.1) is 24.0 Å². The van der Waals surface area contributed by atoms with Gasteiger partial charge in [0, 0.05) is 26.3 Å². The van der Waals surface area contributed by atoms with Gasteiger partial charge in [-0.25, -0.2) is 4.79 Å². The minimum atomic E-state index is -0.479. The van der Waals surface area contributed by atoms with Crippen molar-refractivity contribution in [3.8, 4) is 0 Å². The van der Waals surface area contributed by atoms with Gasteiger partial charge >= 0.3 is 6.09 Å². The second kappa shape index (κ2) is 11.3. The number of nitrogens with one attached hydrogen (secondary N) is 2. The van der Waals surface area contributed by atoms with Gasteiger partial charge in [0.05, 0.1) is 18.3 Å². The zero-order valence-corrected chi connectivity index (χ0v) is 19.0. The molecule has 1 fully saturated rings. The van der Waals surface area contributed by atoms with Gasteiger partial charge in [0.15, 0.2) is 5.96 Å². The summed E-state index contributed by atoms with van der Waals surface area (Å²) in [5, 5.41) is 6.57. The summed E-state index contributed by atoms with van der Waals surface area (Å²) < 4.78 is 5.55. The largest absolute Gasteiger partial charge is 0.444 e. The van der Waals surface area contributed by atoms with Crippen molar-refractivity contribution < 1.29 is 9.53 Å². The Morgan fingerprint density at radius 1 is 1.33 bits per heavy atom. The number of guanidine groups is 1. The van der Waals surface area contributed by atoms with Crippen LogP contribution in [0.1, 0.15) is 45.7 Å². The predicted molar refractivity (Wildman–Crippen MR) is 118 cm³/mol. The summed E-state index contributed by atoms with van der Waals surface area (Å²) in [6.07, 6.45) is 4.63. The Morgan fingerprint density at radius 3 is 2.74 bits per heavy atom. The van der Waals surface area contributed by atoms with Crippen molar-refractivity contribution in [2.45, 2.75) is 58.2 Å². The molecule has 1 aliphatic rings. The fourth-order valence-electron chi connectivity index (χ4n) is 2.89. The number of aliphatic imine (C=N–C) groups is 1. The second-order valence-electron chi connectivity index (χ2n) is 7.45. The maximum Gasteiger partial charge on any atom is 0.410 e. The van der Waals surface area contributed by atoms with Crippen LogP contribution in [0.25, 0.3) is 0 Å². The molecule has 1 amide bonds. The summed E-state index contributed by atoms with van der Waals surface area (Å²) in [6.45, 7) is 7.66. The van der Waals surface area contributed by atoms with Crippen molar-refractivity contribution in [1.29, 1.82) is 0 Å². The lowest BCUT2D eigenvalue weighted by Crippen LogP contribution is -2.52. The van der Waals surface area contributed by atoms with Crippen LogP contribution in [-0.2, 0) is 11.3 Å². The number of rotatable bonds is 4. The zero-order valence-electron chi connectivity index (χ0n) is 16.7. The van der Waals surface area contributed by atoms with Gasteiger partial charge in [-0.1, -0.05) is 6.07 Å². The molecule has 2 rings (SSSR count). The number of carbonyl (C=O) groups excluding carboxylic acids is 1. The van der Waals surface area contributed by atoms with Gasteiger partial charge in [-0.3, -0.25) is 9.98 Å². The molecule has 27 heavy (non-hydrogen) atoms. The van der Waals surface area contributed by atoms with Crippen LogP contribution in [-0.4, -0.2) is 53.7 Å². The van der Waals surface area contributed by atoms with Crippen molar-refractivity contribution in [3.63, 3.8) is 0 Å². The minimum Gasteiger partial charge on any atom is -0.444 e. The van der Waals surface area contributed by atoms with Crippen LogP contribution >= 0.6 is 24.0 Å². The molecule has 1 atom stereocenters. The molecule has 0 aromatic carbocycles. The monoisotopic (exact) mass is 489 g/mol. The third kappa shape index (κ3) is 8.32. The number of pyridine rings is 1. The molecule has 0 bridgehead atoms. The molecule has 1 unspecified atom stereocenters. The highest BCUT2D eigenvalue weighted by Gasteiger charge is 2.30. The SMILES string of the molecule is CN=C(NCc1ccccn1)NCC1CCCCN1C(=O)OC(C)(C)C.I. The number of piperidine rings is 1. The molecule has 2 heterocycles.